The quantitative estimate of drug-likeness (QED) is 0.894. The average molecular weight is 256 g/mol. The van der Waals surface area contributed by atoms with Crippen LogP contribution in [0.5, 0.6) is 0 Å². The number of nitrogens with one attached hydrogen (secondary N) is 1. The Kier molecular flexibility index (Phi) is 2.58. The van der Waals surface area contributed by atoms with Gasteiger partial charge >= 0.3 is 0 Å². The molecule has 2 atom stereocenters. The highest BCUT2D eigenvalue weighted by Crippen LogP contribution is 2.32. The van der Waals surface area contributed by atoms with Crippen LogP contribution in [0.4, 0.5) is 0 Å². The van der Waals surface area contributed by atoms with Crippen LogP contribution in [0.15, 0.2) is 18.3 Å². The highest BCUT2D eigenvalue weighted by molar-refractivity contribution is 5.71. The minimum atomic E-state index is 0.761. The van der Waals surface area contributed by atoms with Gasteiger partial charge in [0.1, 0.15) is 5.82 Å². The lowest BCUT2D eigenvalue weighted by Crippen LogP contribution is -2.38. The van der Waals surface area contributed by atoms with Crippen molar-refractivity contribution in [2.75, 3.05) is 0 Å². The van der Waals surface area contributed by atoms with Gasteiger partial charge in [0.2, 0.25) is 0 Å². The van der Waals surface area contributed by atoms with E-state index in [-0.39, 0.29) is 0 Å². The molecule has 4 nitrogen and oxygen atoms in total. The maximum absolute atomic E-state index is 4.71. The molecule has 1 N–H and O–H groups in total. The zero-order valence-corrected chi connectivity index (χ0v) is 11.3. The van der Waals surface area contributed by atoms with Crippen LogP contribution in [-0.2, 0) is 13.5 Å². The van der Waals surface area contributed by atoms with Crippen molar-refractivity contribution in [2.45, 2.75) is 44.2 Å². The molecule has 2 aliphatic rings. The van der Waals surface area contributed by atoms with E-state index in [9.17, 15) is 0 Å². The van der Waals surface area contributed by atoms with Crippen molar-refractivity contribution >= 4 is 11.2 Å². The van der Waals surface area contributed by atoms with Gasteiger partial charge in [-0.05, 0) is 43.7 Å². The van der Waals surface area contributed by atoms with E-state index in [1.807, 2.05) is 12.3 Å². The van der Waals surface area contributed by atoms with Crippen LogP contribution in [0, 0.1) is 5.92 Å². The van der Waals surface area contributed by atoms with Crippen molar-refractivity contribution in [3.05, 3.63) is 24.2 Å². The van der Waals surface area contributed by atoms with Crippen molar-refractivity contribution in [1.29, 1.82) is 0 Å². The van der Waals surface area contributed by atoms with Crippen molar-refractivity contribution in [2.24, 2.45) is 13.0 Å². The number of piperidine rings is 1. The summed E-state index contributed by atoms with van der Waals surface area (Å²) in [4.78, 5) is 9.06. The zero-order chi connectivity index (χ0) is 12.8. The molecule has 0 aromatic carbocycles. The summed E-state index contributed by atoms with van der Waals surface area (Å²) < 4.78 is 2.21. The van der Waals surface area contributed by atoms with Crippen molar-refractivity contribution in [1.82, 2.24) is 19.9 Å². The number of imidazole rings is 1. The summed E-state index contributed by atoms with van der Waals surface area (Å²) in [5.74, 6) is 1.98. The lowest BCUT2D eigenvalue weighted by molar-refractivity contribution is 0.294. The molecule has 100 valence electrons. The second-order valence-electron chi connectivity index (χ2n) is 6.11. The molecule has 0 amide bonds. The number of fused-ring (bicyclic) bond motifs is 3. The molecule has 4 heteroatoms. The van der Waals surface area contributed by atoms with Gasteiger partial charge in [0.25, 0.3) is 0 Å². The first-order valence-electron chi connectivity index (χ1n) is 7.32. The lowest BCUT2D eigenvalue weighted by Gasteiger charge is -2.28. The summed E-state index contributed by atoms with van der Waals surface area (Å²) in [6.45, 7) is 0. The molecule has 2 unspecified atom stereocenters. The van der Waals surface area contributed by atoms with Gasteiger partial charge in [-0.3, -0.25) is 0 Å². The van der Waals surface area contributed by atoms with Crippen LogP contribution in [0.2, 0.25) is 0 Å². The fourth-order valence-corrected chi connectivity index (χ4v) is 3.86. The van der Waals surface area contributed by atoms with Crippen LogP contribution in [-0.4, -0.2) is 26.6 Å². The third-order valence-electron chi connectivity index (χ3n) is 4.79. The normalized spacial score (nSPS) is 30.1. The van der Waals surface area contributed by atoms with Crippen molar-refractivity contribution < 1.29 is 0 Å². The van der Waals surface area contributed by atoms with Gasteiger partial charge in [0.05, 0.1) is 5.52 Å². The van der Waals surface area contributed by atoms with E-state index in [4.69, 9.17) is 4.98 Å². The molecular weight excluding hydrogens is 236 g/mol. The standard InChI is InChI=1S/C15H20N4/c1-19-13-3-2-6-16-15(13)18-14(19)9-10-7-11-4-5-12(8-10)17-11/h2-3,6,10-12,17H,4-5,7-9H2,1H3. The highest BCUT2D eigenvalue weighted by Gasteiger charge is 2.33. The fraction of sp³-hybridized carbons (Fsp3) is 0.600. The van der Waals surface area contributed by atoms with E-state index in [0.29, 0.717) is 0 Å². The summed E-state index contributed by atoms with van der Waals surface area (Å²) in [6, 6.07) is 5.61. The first-order chi connectivity index (χ1) is 9.29. The van der Waals surface area contributed by atoms with Gasteiger partial charge in [-0.15, -0.1) is 0 Å². The molecule has 2 saturated heterocycles. The minimum absolute atomic E-state index is 0.761. The highest BCUT2D eigenvalue weighted by atomic mass is 15.1. The summed E-state index contributed by atoms with van der Waals surface area (Å²) >= 11 is 0. The van der Waals surface area contributed by atoms with E-state index < -0.39 is 0 Å². The molecule has 0 aliphatic carbocycles. The zero-order valence-electron chi connectivity index (χ0n) is 11.3. The molecule has 2 fully saturated rings. The smallest absolute Gasteiger partial charge is 0.177 e. The maximum atomic E-state index is 4.71. The predicted molar refractivity (Wildman–Crippen MR) is 74.9 cm³/mol. The number of pyridine rings is 1. The molecule has 4 heterocycles. The third kappa shape index (κ3) is 1.94. The van der Waals surface area contributed by atoms with E-state index >= 15 is 0 Å². The van der Waals surface area contributed by atoms with Crippen molar-refractivity contribution in [3.63, 3.8) is 0 Å². The van der Waals surface area contributed by atoms with Gasteiger partial charge in [-0.25, -0.2) is 9.97 Å². The minimum Gasteiger partial charge on any atom is -0.330 e. The SMILES string of the molecule is Cn1c(CC2CC3CCC(C2)N3)nc2ncccc21. The maximum Gasteiger partial charge on any atom is 0.177 e. The molecule has 2 aliphatic heterocycles. The first-order valence-corrected chi connectivity index (χ1v) is 7.32. The Morgan fingerprint density at radius 2 is 2.11 bits per heavy atom. The third-order valence-corrected chi connectivity index (χ3v) is 4.79. The second kappa shape index (κ2) is 4.30. The molecule has 19 heavy (non-hydrogen) atoms. The van der Waals surface area contributed by atoms with E-state index in [1.165, 1.54) is 31.5 Å². The van der Waals surface area contributed by atoms with Crippen molar-refractivity contribution in [3.8, 4) is 0 Å². The molecule has 0 saturated carbocycles. The number of hydrogen-bond acceptors (Lipinski definition) is 3. The van der Waals surface area contributed by atoms with Crippen LogP contribution in [0.25, 0.3) is 11.2 Å². The van der Waals surface area contributed by atoms with Crippen LogP contribution in [0.3, 0.4) is 0 Å². The summed E-state index contributed by atoms with van der Waals surface area (Å²) in [5.41, 5.74) is 2.03. The number of aromatic nitrogens is 3. The molecule has 0 spiro atoms. The summed E-state index contributed by atoms with van der Waals surface area (Å²) in [5, 5.41) is 3.71. The number of nitrogens with zero attached hydrogens (tertiary/aromatic N) is 3. The molecule has 2 aromatic heterocycles. The summed E-state index contributed by atoms with van der Waals surface area (Å²) in [7, 11) is 2.11. The van der Waals surface area contributed by atoms with E-state index in [1.54, 1.807) is 0 Å². The topological polar surface area (TPSA) is 42.7 Å². The van der Waals surface area contributed by atoms with E-state index in [2.05, 4.69) is 28.0 Å². The van der Waals surface area contributed by atoms with Crippen LogP contribution in [0.1, 0.15) is 31.5 Å². The predicted octanol–water partition coefficient (Wildman–Crippen LogP) is 2.04. The molecule has 4 rings (SSSR count). The summed E-state index contributed by atoms with van der Waals surface area (Å²) in [6.07, 6.45) is 8.28. The molecule has 2 aromatic rings. The van der Waals surface area contributed by atoms with Crippen LogP contribution < -0.4 is 5.32 Å². The average Bonchev–Trinajstić information content (AvgIpc) is 2.92. The number of hydrogen-bond donors (Lipinski definition) is 1. The van der Waals surface area contributed by atoms with Gasteiger partial charge in [0, 0.05) is 31.7 Å². The largest absolute Gasteiger partial charge is 0.330 e. The van der Waals surface area contributed by atoms with Crippen LogP contribution >= 0.6 is 0 Å². The fourth-order valence-electron chi connectivity index (χ4n) is 3.86. The molecular formula is C15H20N4. The number of rotatable bonds is 2. The Morgan fingerprint density at radius 1 is 1.32 bits per heavy atom. The van der Waals surface area contributed by atoms with Gasteiger partial charge < -0.3 is 9.88 Å². The monoisotopic (exact) mass is 256 g/mol. The number of aryl methyl sites for hydroxylation is 1. The Morgan fingerprint density at radius 3 is 2.84 bits per heavy atom. The Hall–Kier alpha value is -1.42. The van der Waals surface area contributed by atoms with Gasteiger partial charge in [-0.2, -0.15) is 0 Å². The Balaban J connectivity index is 1.59. The Bertz CT molecular complexity index is 591. The first kappa shape index (κ1) is 11.4. The van der Waals surface area contributed by atoms with Gasteiger partial charge in [0.15, 0.2) is 5.65 Å². The van der Waals surface area contributed by atoms with E-state index in [0.717, 1.165) is 35.6 Å². The molecule has 2 bridgehead atoms. The Labute approximate surface area is 113 Å². The molecule has 0 radical (unpaired) electrons. The second-order valence-corrected chi connectivity index (χ2v) is 6.11. The lowest BCUT2D eigenvalue weighted by atomic mass is 9.89. The van der Waals surface area contributed by atoms with Gasteiger partial charge in [-0.1, -0.05) is 0 Å².